The van der Waals surface area contributed by atoms with E-state index in [2.05, 4.69) is 43.0 Å². The monoisotopic (exact) mass is 272 g/mol. The molecule has 2 saturated carbocycles. The highest BCUT2D eigenvalue weighted by Gasteiger charge is 2.40. The van der Waals surface area contributed by atoms with Gasteiger partial charge in [0.05, 0.1) is 6.04 Å². The second-order valence-electron chi connectivity index (χ2n) is 6.74. The first-order chi connectivity index (χ1) is 9.70. The van der Waals surface area contributed by atoms with Gasteiger partial charge in [0, 0.05) is 18.6 Å². The van der Waals surface area contributed by atoms with Crippen LogP contribution in [0.4, 0.5) is 0 Å². The third-order valence-electron chi connectivity index (χ3n) is 4.92. The molecule has 0 heterocycles. The molecular weight excluding hydrogens is 244 g/mol. The number of hydrogen-bond donors (Lipinski definition) is 1. The van der Waals surface area contributed by atoms with Gasteiger partial charge in [0.1, 0.15) is 0 Å². The van der Waals surface area contributed by atoms with Crippen LogP contribution in [-0.4, -0.2) is 23.5 Å². The topological polar surface area (TPSA) is 29.3 Å². The van der Waals surface area contributed by atoms with Gasteiger partial charge in [-0.25, -0.2) is 0 Å². The highest BCUT2D eigenvalue weighted by molar-refractivity contribution is 5.30. The van der Waals surface area contributed by atoms with Crippen LogP contribution >= 0.6 is 0 Å². The van der Waals surface area contributed by atoms with E-state index in [0.29, 0.717) is 6.04 Å². The van der Waals surface area contributed by atoms with Crippen LogP contribution < -0.4 is 5.73 Å². The maximum Gasteiger partial charge on any atom is 0.0504 e. The standard InChI is InChI=1S/C18H28N2/c1-3-17(19)18(16-7-5-4-6-13(16)2)20(15-10-11-15)12-14-8-9-14/h4-7,14-15,17-18H,3,8-12,19H2,1-2H3. The maximum atomic E-state index is 6.54. The van der Waals surface area contributed by atoms with Crippen molar-refractivity contribution in [3.05, 3.63) is 35.4 Å². The molecule has 110 valence electrons. The van der Waals surface area contributed by atoms with Gasteiger partial charge in [-0.3, -0.25) is 4.90 Å². The second kappa shape index (κ2) is 5.87. The lowest BCUT2D eigenvalue weighted by Crippen LogP contribution is -2.43. The fourth-order valence-electron chi connectivity index (χ4n) is 3.29. The van der Waals surface area contributed by atoms with Crippen LogP contribution in [-0.2, 0) is 0 Å². The Morgan fingerprint density at radius 1 is 1.20 bits per heavy atom. The summed E-state index contributed by atoms with van der Waals surface area (Å²) in [6.45, 7) is 5.71. The number of benzene rings is 1. The summed E-state index contributed by atoms with van der Waals surface area (Å²) >= 11 is 0. The Balaban J connectivity index is 1.89. The first kappa shape index (κ1) is 14.1. The van der Waals surface area contributed by atoms with E-state index in [4.69, 9.17) is 5.73 Å². The minimum Gasteiger partial charge on any atom is -0.326 e. The average molecular weight is 272 g/mol. The fraction of sp³-hybridized carbons (Fsp3) is 0.667. The summed E-state index contributed by atoms with van der Waals surface area (Å²) in [6, 6.07) is 10.3. The van der Waals surface area contributed by atoms with E-state index in [1.807, 2.05) is 0 Å². The van der Waals surface area contributed by atoms with Gasteiger partial charge < -0.3 is 5.73 Å². The minimum absolute atomic E-state index is 0.246. The predicted octanol–water partition coefficient (Wildman–Crippen LogP) is 3.65. The minimum atomic E-state index is 0.246. The molecule has 0 aromatic heterocycles. The highest BCUT2D eigenvalue weighted by atomic mass is 15.2. The van der Waals surface area contributed by atoms with Gasteiger partial charge in [-0.05, 0) is 56.1 Å². The SMILES string of the molecule is CCC(N)C(c1ccccc1C)N(CC1CC1)C1CC1. The van der Waals surface area contributed by atoms with Crippen molar-refractivity contribution in [3.8, 4) is 0 Å². The average Bonchev–Trinajstić information content (AvgIpc) is 3.32. The lowest BCUT2D eigenvalue weighted by atomic mass is 9.92. The first-order valence-corrected chi connectivity index (χ1v) is 8.27. The normalized spacial score (nSPS) is 22.0. The summed E-state index contributed by atoms with van der Waals surface area (Å²) in [5.41, 5.74) is 9.38. The molecule has 20 heavy (non-hydrogen) atoms. The molecule has 2 fully saturated rings. The van der Waals surface area contributed by atoms with Crippen molar-refractivity contribution in [2.45, 2.75) is 64.1 Å². The van der Waals surface area contributed by atoms with Crippen molar-refractivity contribution in [2.75, 3.05) is 6.54 Å². The van der Waals surface area contributed by atoms with Crippen LogP contribution in [0.2, 0.25) is 0 Å². The van der Waals surface area contributed by atoms with Gasteiger partial charge in [0.2, 0.25) is 0 Å². The molecule has 2 N–H and O–H groups in total. The molecule has 3 rings (SSSR count). The third kappa shape index (κ3) is 3.07. The Bertz CT molecular complexity index is 448. The van der Waals surface area contributed by atoms with Crippen LogP contribution in [0.15, 0.2) is 24.3 Å². The second-order valence-corrected chi connectivity index (χ2v) is 6.74. The van der Waals surface area contributed by atoms with E-state index in [-0.39, 0.29) is 6.04 Å². The number of nitrogens with zero attached hydrogens (tertiary/aromatic N) is 1. The van der Waals surface area contributed by atoms with E-state index in [9.17, 15) is 0 Å². The quantitative estimate of drug-likeness (QED) is 0.821. The van der Waals surface area contributed by atoms with Crippen LogP contribution in [0.5, 0.6) is 0 Å². The molecule has 2 aliphatic rings. The van der Waals surface area contributed by atoms with Gasteiger partial charge in [-0.2, -0.15) is 0 Å². The van der Waals surface area contributed by atoms with Crippen LogP contribution in [0.3, 0.4) is 0 Å². The smallest absolute Gasteiger partial charge is 0.0504 e. The van der Waals surface area contributed by atoms with Crippen molar-refractivity contribution >= 4 is 0 Å². The molecule has 2 unspecified atom stereocenters. The summed E-state index contributed by atoms with van der Waals surface area (Å²) in [5, 5.41) is 0. The fourth-order valence-corrected chi connectivity index (χ4v) is 3.29. The van der Waals surface area contributed by atoms with E-state index >= 15 is 0 Å². The van der Waals surface area contributed by atoms with Crippen LogP contribution in [0, 0.1) is 12.8 Å². The number of rotatable bonds is 7. The molecule has 1 aromatic rings. The molecule has 0 bridgehead atoms. The highest BCUT2D eigenvalue weighted by Crippen LogP contribution is 2.41. The Morgan fingerprint density at radius 3 is 2.45 bits per heavy atom. The van der Waals surface area contributed by atoms with E-state index < -0.39 is 0 Å². The Labute approximate surface area is 123 Å². The van der Waals surface area contributed by atoms with Gasteiger partial charge in [-0.1, -0.05) is 31.2 Å². The Kier molecular flexibility index (Phi) is 4.13. The Morgan fingerprint density at radius 2 is 1.90 bits per heavy atom. The number of aryl methyl sites for hydroxylation is 1. The molecule has 0 radical (unpaired) electrons. The van der Waals surface area contributed by atoms with Crippen molar-refractivity contribution in [1.29, 1.82) is 0 Å². The molecule has 0 saturated heterocycles. The summed E-state index contributed by atoms with van der Waals surface area (Å²) in [7, 11) is 0. The molecule has 1 aromatic carbocycles. The molecule has 2 nitrogen and oxygen atoms in total. The zero-order chi connectivity index (χ0) is 14.1. The predicted molar refractivity (Wildman–Crippen MR) is 84.6 cm³/mol. The van der Waals surface area contributed by atoms with Crippen molar-refractivity contribution in [2.24, 2.45) is 11.7 Å². The van der Waals surface area contributed by atoms with Crippen LogP contribution in [0.25, 0.3) is 0 Å². The van der Waals surface area contributed by atoms with Crippen molar-refractivity contribution < 1.29 is 0 Å². The summed E-state index contributed by atoms with van der Waals surface area (Å²) in [5.74, 6) is 0.936. The van der Waals surface area contributed by atoms with Crippen LogP contribution in [0.1, 0.15) is 56.2 Å². The zero-order valence-electron chi connectivity index (χ0n) is 12.9. The molecule has 0 amide bonds. The lowest BCUT2D eigenvalue weighted by molar-refractivity contribution is 0.152. The van der Waals surface area contributed by atoms with Crippen molar-refractivity contribution in [1.82, 2.24) is 4.90 Å². The Hall–Kier alpha value is -0.860. The van der Waals surface area contributed by atoms with E-state index in [1.165, 1.54) is 43.4 Å². The summed E-state index contributed by atoms with van der Waals surface area (Å²) in [6.07, 6.45) is 6.63. The summed E-state index contributed by atoms with van der Waals surface area (Å²) < 4.78 is 0. The van der Waals surface area contributed by atoms with Crippen molar-refractivity contribution in [3.63, 3.8) is 0 Å². The lowest BCUT2D eigenvalue weighted by Gasteiger charge is -2.37. The third-order valence-corrected chi connectivity index (χ3v) is 4.92. The van der Waals surface area contributed by atoms with Gasteiger partial charge in [0.15, 0.2) is 0 Å². The molecule has 0 spiro atoms. The number of nitrogens with two attached hydrogens (primary N) is 1. The molecule has 0 aliphatic heterocycles. The summed E-state index contributed by atoms with van der Waals surface area (Å²) in [4.78, 5) is 2.74. The van der Waals surface area contributed by atoms with E-state index in [0.717, 1.165) is 18.4 Å². The zero-order valence-corrected chi connectivity index (χ0v) is 12.9. The molecular formula is C18H28N2. The van der Waals surface area contributed by atoms with Gasteiger partial charge in [-0.15, -0.1) is 0 Å². The molecule has 2 aliphatic carbocycles. The van der Waals surface area contributed by atoms with Gasteiger partial charge in [0.25, 0.3) is 0 Å². The first-order valence-electron chi connectivity index (χ1n) is 8.27. The van der Waals surface area contributed by atoms with Gasteiger partial charge >= 0.3 is 0 Å². The largest absolute Gasteiger partial charge is 0.326 e. The molecule has 2 atom stereocenters. The van der Waals surface area contributed by atoms with E-state index in [1.54, 1.807) is 0 Å². The molecule has 2 heteroatoms. The maximum absolute atomic E-state index is 6.54. The number of hydrogen-bond acceptors (Lipinski definition) is 2.